The van der Waals surface area contributed by atoms with Crippen LogP contribution in [0.4, 0.5) is 5.69 Å². The van der Waals surface area contributed by atoms with E-state index in [4.69, 9.17) is 4.74 Å². The van der Waals surface area contributed by atoms with Crippen LogP contribution in [-0.2, 0) is 9.53 Å². The van der Waals surface area contributed by atoms with E-state index in [0.717, 1.165) is 64.1 Å². The number of hydrogen-bond acceptors (Lipinski definition) is 6. The van der Waals surface area contributed by atoms with Crippen molar-refractivity contribution >= 4 is 18.0 Å². The van der Waals surface area contributed by atoms with E-state index in [-0.39, 0.29) is 11.9 Å². The van der Waals surface area contributed by atoms with Crippen molar-refractivity contribution in [1.82, 2.24) is 15.1 Å². The Morgan fingerprint density at radius 2 is 1.69 bits per heavy atom. The number of hydrogen-bond donors (Lipinski definition) is 2. The highest BCUT2D eigenvalue weighted by molar-refractivity contribution is 5.94. The second-order valence-corrected chi connectivity index (χ2v) is 10.0. The summed E-state index contributed by atoms with van der Waals surface area (Å²) < 4.78 is 5.41. The van der Waals surface area contributed by atoms with Gasteiger partial charge in [0, 0.05) is 56.6 Å². The van der Waals surface area contributed by atoms with Gasteiger partial charge in [0.2, 0.25) is 6.41 Å². The normalized spacial score (nSPS) is 25.1. The van der Waals surface area contributed by atoms with Crippen LogP contribution < -0.4 is 16.0 Å². The standard InChI is InChI=1S/C19H29N3O.C7H11NO2.CH5N/c1-15(16-5-3-4-6-16)20-19(23)17-7-9-18(10-8-17)22-13-11-21(2)12-14-22;9-5-8-3-1-7-6(8)2-4-10-7;1-2/h7-10,15-16H,3-6,11-14H2,1-2H3,(H,20,23);5-7H,1-4H2;2H2,1H3. The molecule has 35 heavy (non-hydrogen) atoms. The van der Waals surface area contributed by atoms with Gasteiger partial charge in [-0.25, -0.2) is 0 Å². The van der Waals surface area contributed by atoms with Gasteiger partial charge in [0.15, 0.2) is 0 Å². The molecule has 2 amide bonds. The van der Waals surface area contributed by atoms with Crippen LogP contribution in [0.2, 0.25) is 0 Å². The van der Waals surface area contributed by atoms with Gasteiger partial charge in [-0.2, -0.15) is 0 Å². The van der Waals surface area contributed by atoms with E-state index in [0.29, 0.717) is 18.1 Å². The number of ether oxygens (including phenoxy) is 1. The van der Waals surface area contributed by atoms with E-state index < -0.39 is 0 Å². The summed E-state index contributed by atoms with van der Waals surface area (Å²) in [7, 11) is 3.66. The van der Waals surface area contributed by atoms with E-state index in [9.17, 15) is 9.59 Å². The number of carbonyl (C=O) groups is 2. The summed E-state index contributed by atoms with van der Waals surface area (Å²) in [5.74, 6) is 0.720. The van der Waals surface area contributed by atoms with Gasteiger partial charge < -0.3 is 30.5 Å². The summed E-state index contributed by atoms with van der Waals surface area (Å²) in [5.41, 5.74) is 6.49. The molecule has 8 heteroatoms. The predicted molar refractivity (Wildman–Crippen MR) is 141 cm³/mol. The van der Waals surface area contributed by atoms with Crippen molar-refractivity contribution in [2.24, 2.45) is 11.7 Å². The van der Waals surface area contributed by atoms with Crippen LogP contribution in [-0.4, -0.2) is 93.7 Å². The molecule has 1 aromatic rings. The molecule has 0 radical (unpaired) electrons. The van der Waals surface area contributed by atoms with E-state index in [2.05, 4.69) is 47.0 Å². The van der Waals surface area contributed by atoms with Gasteiger partial charge in [-0.05, 0) is 76.9 Å². The van der Waals surface area contributed by atoms with E-state index >= 15 is 0 Å². The number of nitrogens with one attached hydrogen (secondary N) is 1. The molecule has 3 N–H and O–H groups in total. The monoisotopic (exact) mass is 487 g/mol. The number of amides is 2. The third-order valence-corrected chi connectivity index (χ3v) is 7.87. The molecule has 0 bridgehead atoms. The molecule has 1 aliphatic carbocycles. The Hall–Kier alpha value is -2.16. The van der Waals surface area contributed by atoms with Crippen LogP contribution in [0, 0.1) is 5.92 Å². The number of nitrogens with zero attached hydrogens (tertiary/aromatic N) is 3. The summed E-state index contributed by atoms with van der Waals surface area (Å²) in [6.45, 7) is 8.18. The molecule has 1 aromatic carbocycles. The first kappa shape index (κ1) is 27.4. The van der Waals surface area contributed by atoms with Crippen LogP contribution in [0.1, 0.15) is 55.8 Å². The number of likely N-dealkylation sites (tertiary alicyclic amines) is 1. The minimum atomic E-state index is 0.0642. The molecule has 5 rings (SSSR count). The zero-order valence-corrected chi connectivity index (χ0v) is 21.8. The molecule has 4 aliphatic rings. The Morgan fingerprint density at radius 3 is 2.31 bits per heavy atom. The number of carbonyl (C=O) groups excluding carboxylic acids is 2. The molecule has 3 atom stereocenters. The Labute approximate surface area is 211 Å². The summed E-state index contributed by atoms with van der Waals surface area (Å²) in [4.78, 5) is 29.4. The SMILES string of the molecule is CC(NC(=O)c1ccc(N2CCN(C)CC2)cc1)C1CCCC1.CN.O=CN1CCC2OCCC21. The van der Waals surface area contributed by atoms with Crippen LogP contribution in [0.3, 0.4) is 0 Å². The molecule has 0 spiro atoms. The molecule has 8 nitrogen and oxygen atoms in total. The van der Waals surface area contributed by atoms with Crippen molar-refractivity contribution in [3.05, 3.63) is 29.8 Å². The van der Waals surface area contributed by atoms with Crippen molar-refractivity contribution in [3.8, 4) is 0 Å². The fraction of sp³-hybridized carbons (Fsp3) is 0.704. The molecule has 196 valence electrons. The molecule has 0 aromatic heterocycles. The number of fused-ring (bicyclic) bond motifs is 1. The second kappa shape index (κ2) is 13.8. The predicted octanol–water partition coefficient (Wildman–Crippen LogP) is 2.33. The first-order valence-electron chi connectivity index (χ1n) is 13.3. The number of piperazine rings is 1. The maximum atomic E-state index is 12.4. The van der Waals surface area contributed by atoms with Crippen molar-refractivity contribution in [2.75, 3.05) is 58.3 Å². The molecular weight excluding hydrogens is 442 g/mol. The smallest absolute Gasteiger partial charge is 0.251 e. The fourth-order valence-electron chi connectivity index (χ4n) is 5.62. The average molecular weight is 488 g/mol. The van der Waals surface area contributed by atoms with E-state index in [1.165, 1.54) is 38.4 Å². The number of nitrogens with two attached hydrogens (primary N) is 1. The number of benzene rings is 1. The lowest BCUT2D eigenvalue weighted by molar-refractivity contribution is -0.118. The number of rotatable bonds is 5. The van der Waals surface area contributed by atoms with Crippen molar-refractivity contribution in [1.29, 1.82) is 0 Å². The van der Waals surface area contributed by atoms with Gasteiger partial charge in [0.1, 0.15) is 0 Å². The Bertz CT molecular complexity index is 776. The number of likely N-dealkylation sites (N-methyl/N-ethyl adjacent to an activating group) is 1. The van der Waals surface area contributed by atoms with Crippen molar-refractivity contribution < 1.29 is 14.3 Å². The molecule has 3 saturated heterocycles. The molecular formula is C27H45N5O3. The fourth-order valence-corrected chi connectivity index (χ4v) is 5.62. The van der Waals surface area contributed by atoms with Crippen LogP contribution in [0.5, 0.6) is 0 Å². The third kappa shape index (κ3) is 7.41. The van der Waals surface area contributed by atoms with Gasteiger partial charge in [-0.15, -0.1) is 0 Å². The highest BCUT2D eigenvalue weighted by atomic mass is 16.5. The first-order valence-corrected chi connectivity index (χ1v) is 13.3. The maximum Gasteiger partial charge on any atom is 0.251 e. The summed E-state index contributed by atoms with van der Waals surface area (Å²) in [6, 6.07) is 8.77. The largest absolute Gasteiger partial charge is 0.376 e. The minimum absolute atomic E-state index is 0.0642. The lowest BCUT2D eigenvalue weighted by Gasteiger charge is -2.34. The Kier molecular flexibility index (Phi) is 10.8. The van der Waals surface area contributed by atoms with E-state index in [1.54, 1.807) is 0 Å². The zero-order chi connectivity index (χ0) is 25.2. The average Bonchev–Trinajstić information content (AvgIpc) is 3.65. The first-order chi connectivity index (χ1) is 17.0. The highest BCUT2D eigenvalue weighted by Crippen LogP contribution is 2.28. The summed E-state index contributed by atoms with van der Waals surface area (Å²) >= 11 is 0. The second-order valence-electron chi connectivity index (χ2n) is 10.0. The van der Waals surface area contributed by atoms with Crippen molar-refractivity contribution in [2.45, 2.75) is 63.6 Å². The van der Waals surface area contributed by atoms with Crippen LogP contribution >= 0.6 is 0 Å². The van der Waals surface area contributed by atoms with Gasteiger partial charge in [-0.3, -0.25) is 9.59 Å². The Balaban J connectivity index is 0.000000236. The quantitative estimate of drug-likeness (QED) is 0.620. The van der Waals surface area contributed by atoms with Crippen molar-refractivity contribution in [3.63, 3.8) is 0 Å². The summed E-state index contributed by atoms with van der Waals surface area (Å²) in [5, 5.41) is 3.18. The van der Waals surface area contributed by atoms with Gasteiger partial charge in [0.25, 0.3) is 5.91 Å². The number of anilines is 1. The third-order valence-electron chi connectivity index (χ3n) is 7.87. The molecule has 4 fully saturated rings. The molecule has 3 unspecified atom stereocenters. The minimum Gasteiger partial charge on any atom is -0.376 e. The lowest BCUT2D eigenvalue weighted by atomic mass is 9.99. The lowest BCUT2D eigenvalue weighted by Crippen LogP contribution is -2.44. The van der Waals surface area contributed by atoms with Crippen LogP contribution in [0.25, 0.3) is 0 Å². The van der Waals surface area contributed by atoms with Gasteiger partial charge in [-0.1, -0.05) is 12.8 Å². The molecule has 3 aliphatic heterocycles. The Morgan fingerprint density at radius 1 is 1.03 bits per heavy atom. The molecule has 3 heterocycles. The topological polar surface area (TPSA) is 91.1 Å². The maximum absolute atomic E-state index is 12.4. The highest BCUT2D eigenvalue weighted by Gasteiger charge is 2.37. The zero-order valence-electron chi connectivity index (χ0n) is 21.8. The molecule has 1 saturated carbocycles. The van der Waals surface area contributed by atoms with Crippen LogP contribution in [0.15, 0.2) is 24.3 Å². The van der Waals surface area contributed by atoms with Gasteiger partial charge >= 0.3 is 0 Å². The van der Waals surface area contributed by atoms with Gasteiger partial charge in [0.05, 0.1) is 12.1 Å². The van der Waals surface area contributed by atoms with E-state index in [1.807, 2.05) is 17.0 Å². The summed E-state index contributed by atoms with van der Waals surface area (Å²) in [6.07, 6.45) is 8.49.